The number of hydrogen-bond acceptors (Lipinski definition) is 8. The van der Waals surface area contributed by atoms with E-state index < -0.39 is 12.1 Å². The summed E-state index contributed by atoms with van der Waals surface area (Å²) in [6, 6.07) is 9.89. The number of benzene rings is 1. The number of aliphatic hydroxyl groups is 1. The summed E-state index contributed by atoms with van der Waals surface area (Å²) in [7, 11) is 1.68. The maximum absolute atomic E-state index is 13.6. The molecular weight excluding hydrogens is 502 g/mol. The number of aromatic nitrogens is 2. The van der Waals surface area contributed by atoms with Crippen molar-refractivity contribution in [2.24, 2.45) is 5.92 Å². The van der Waals surface area contributed by atoms with E-state index in [-0.39, 0.29) is 43.7 Å². The molecule has 1 aromatic carbocycles. The highest BCUT2D eigenvalue weighted by atomic mass is 16.7. The number of carbonyl (C=O) groups excluding carboxylic acids is 2. The van der Waals surface area contributed by atoms with Gasteiger partial charge in [0, 0.05) is 61.0 Å². The second-order valence-electron chi connectivity index (χ2n) is 9.82. The van der Waals surface area contributed by atoms with Crippen LogP contribution in [0.3, 0.4) is 0 Å². The van der Waals surface area contributed by atoms with Crippen LogP contribution in [-0.2, 0) is 0 Å². The first-order chi connectivity index (χ1) is 18.8. The summed E-state index contributed by atoms with van der Waals surface area (Å²) in [5, 5.41) is 12.8. The second kappa shape index (κ2) is 11.2. The van der Waals surface area contributed by atoms with Gasteiger partial charge in [-0.3, -0.25) is 9.78 Å². The lowest BCUT2D eigenvalue weighted by Crippen LogP contribution is -2.50. The molecule has 5 rings (SSSR count). The van der Waals surface area contributed by atoms with Gasteiger partial charge in [0.15, 0.2) is 11.5 Å². The number of nitrogens with one attached hydrogen (secondary N) is 1. The summed E-state index contributed by atoms with van der Waals surface area (Å²) >= 11 is 0. The third kappa shape index (κ3) is 5.58. The minimum Gasteiger partial charge on any atom is -0.472 e. The molecule has 2 aromatic heterocycles. The number of carbonyl (C=O) groups is 2. The molecule has 2 N–H and O–H groups in total. The smallest absolute Gasteiger partial charge is 0.321 e. The molecule has 39 heavy (non-hydrogen) atoms. The molecule has 204 valence electrons. The number of hydrogen-bond donors (Lipinski definition) is 2. The molecule has 4 heterocycles. The number of urea groups is 1. The fourth-order valence-corrected chi connectivity index (χ4v) is 4.56. The van der Waals surface area contributed by atoms with Crippen LogP contribution in [-0.4, -0.2) is 82.5 Å². The summed E-state index contributed by atoms with van der Waals surface area (Å²) in [5.41, 5.74) is 2.40. The molecule has 0 saturated heterocycles. The third-order valence-electron chi connectivity index (χ3n) is 6.94. The minimum atomic E-state index is -0.477. The monoisotopic (exact) mass is 533 g/mol. The van der Waals surface area contributed by atoms with E-state index >= 15 is 0 Å². The van der Waals surface area contributed by atoms with Crippen molar-refractivity contribution in [1.29, 1.82) is 0 Å². The highest BCUT2D eigenvalue weighted by molar-refractivity contribution is 5.98. The molecule has 11 nitrogen and oxygen atoms in total. The Kier molecular flexibility index (Phi) is 7.51. The lowest BCUT2D eigenvalue weighted by molar-refractivity contribution is 0.0356. The summed E-state index contributed by atoms with van der Waals surface area (Å²) in [6.45, 7) is 4.28. The third-order valence-corrected chi connectivity index (χ3v) is 6.94. The normalized spacial score (nSPS) is 18.9. The van der Waals surface area contributed by atoms with Crippen LogP contribution in [0.2, 0.25) is 0 Å². The first kappa shape index (κ1) is 26.2. The average Bonchev–Trinajstić information content (AvgIpc) is 3.42. The Labute approximate surface area is 226 Å². The van der Waals surface area contributed by atoms with Gasteiger partial charge >= 0.3 is 6.03 Å². The van der Waals surface area contributed by atoms with Crippen molar-refractivity contribution in [3.8, 4) is 28.5 Å². The molecule has 0 spiro atoms. The zero-order valence-electron chi connectivity index (χ0n) is 22.0. The van der Waals surface area contributed by atoms with Gasteiger partial charge in [-0.2, -0.15) is 0 Å². The largest absolute Gasteiger partial charge is 0.472 e. The van der Waals surface area contributed by atoms with Crippen molar-refractivity contribution < 1.29 is 28.9 Å². The first-order valence-corrected chi connectivity index (χ1v) is 12.7. The average molecular weight is 534 g/mol. The Balaban J connectivity index is 1.38. The van der Waals surface area contributed by atoms with Gasteiger partial charge in [-0.05, 0) is 31.2 Å². The van der Waals surface area contributed by atoms with Crippen LogP contribution >= 0.6 is 0 Å². The maximum atomic E-state index is 13.6. The van der Waals surface area contributed by atoms with E-state index in [4.69, 9.17) is 14.2 Å². The molecule has 0 bridgehead atoms. The van der Waals surface area contributed by atoms with Crippen LogP contribution in [0.15, 0.2) is 55.0 Å². The van der Waals surface area contributed by atoms with Crippen LogP contribution in [0.4, 0.5) is 10.5 Å². The van der Waals surface area contributed by atoms with Crippen molar-refractivity contribution in [2.45, 2.75) is 26.0 Å². The quantitative estimate of drug-likeness (QED) is 0.495. The summed E-state index contributed by atoms with van der Waals surface area (Å²) < 4.78 is 17.0. The Hall–Kier alpha value is -4.38. The topological polar surface area (TPSA) is 126 Å². The summed E-state index contributed by atoms with van der Waals surface area (Å²) in [4.78, 5) is 38.5. The molecule has 2 aliphatic heterocycles. The molecule has 2 aliphatic rings. The van der Waals surface area contributed by atoms with Crippen LogP contribution in [0.1, 0.15) is 24.2 Å². The fraction of sp³-hybridized carbons (Fsp3) is 0.357. The van der Waals surface area contributed by atoms with E-state index in [1.54, 1.807) is 61.7 Å². The molecule has 0 radical (unpaired) electrons. The predicted octanol–water partition coefficient (Wildman–Crippen LogP) is 3.26. The van der Waals surface area contributed by atoms with Crippen molar-refractivity contribution in [3.05, 3.63) is 60.6 Å². The van der Waals surface area contributed by atoms with Gasteiger partial charge in [-0.25, -0.2) is 9.78 Å². The first-order valence-electron chi connectivity index (χ1n) is 12.7. The molecule has 11 heteroatoms. The van der Waals surface area contributed by atoms with Gasteiger partial charge in [0.25, 0.3) is 5.91 Å². The van der Waals surface area contributed by atoms with Crippen molar-refractivity contribution >= 4 is 17.6 Å². The van der Waals surface area contributed by atoms with Crippen LogP contribution in [0, 0.1) is 5.92 Å². The number of anilines is 1. The summed E-state index contributed by atoms with van der Waals surface area (Å²) in [6.07, 6.45) is 4.54. The molecular formula is C28H31N5O6. The molecule has 3 atom stereocenters. The standard InChI is InChI=1S/C28H31N5O6/c1-17-13-33(18(2)15-34)27(35)22-9-20(19-5-4-8-29-11-19)12-30-26(22)39-25(17)14-32(3)28(36)31-21-6-7-23-24(10-21)38-16-37-23/h4-12,17-18,25,34H,13-16H2,1-3H3,(H,31,36)/t17-,18-,25-/m0/s1. The number of ether oxygens (including phenoxy) is 3. The van der Waals surface area contributed by atoms with E-state index in [9.17, 15) is 14.7 Å². The van der Waals surface area contributed by atoms with E-state index in [2.05, 4.69) is 15.3 Å². The predicted molar refractivity (Wildman–Crippen MR) is 143 cm³/mol. The van der Waals surface area contributed by atoms with Gasteiger partial charge in [0.1, 0.15) is 11.7 Å². The SMILES string of the molecule is C[C@H]1CN([C@@H](C)CO)C(=O)c2cc(-c3cccnc3)cnc2O[C@H]1CN(C)C(=O)Nc1ccc2c(c1)OCO2. The molecule has 3 amide bonds. The number of rotatable bonds is 6. The van der Waals surface area contributed by atoms with Crippen molar-refractivity contribution in [1.82, 2.24) is 19.8 Å². The molecule has 0 saturated carbocycles. The Morgan fingerprint density at radius 3 is 2.79 bits per heavy atom. The highest BCUT2D eigenvalue weighted by Crippen LogP contribution is 2.34. The van der Waals surface area contributed by atoms with Gasteiger partial charge in [0.05, 0.1) is 19.2 Å². The van der Waals surface area contributed by atoms with Gasteiger partial charge in [0.2, 0.25) is 12.7 Å². The van der Waals surface area contributed by atoms with Gasteiger partial charge in [-0.1, -0.05) is 13.0 Å². The van der Waals surface area contributed by atoms with E-state index in [1.807, 2.05) is 19.1 Å². The molecule has 0 fully saturated rings. The van der Waals surface area contributed by atoms with Crippen LogP contribution in [0.25, 0.3) is 11.1 Å². The zero-order valence-corrected chi connectivity index (χ0v) is 22.0. The zero-order chi connectivity index (χ0) is 27.5. The lowest BCUT2D eigenvalue weighted by Gasteiger charge is -2.37. The van der Waals surface area contributed by atoms with Gasteiger partial charge < -0.3 is 34.4 Å². The second-order valence-corrected chi connectivity index (χ2v) is 9.82. The van der Waals surface area contributed by atoms with E-state index in [0.717, 1.165) is 11.1 Å². The Bertz CT molecular complexity index is 1350. The lowest BCUT2D eigenvalue weighted by atomic mass is 9.99. The fourth-order valence-electron chi connectivity index (χ4n) is 4.56. The highest BCUT2D eigenvalue weighted by Gasteiger charge is 2.35. The molecule has 0 aliphatic carbocycles. The number of nitrogens with zero attached hydrogens (tertiary/aromatic N) is 4. The number of pyridine rings is 2. The number of amides is 3. The Morgan fingerprint density at radius 2 is 2.03 bits per heavy atom. The number of likely N-dealkylation sites (N-methyl/N-ethyl adjacent to an activating group) is 1. The molecule has 0 unspecified atom stereocenters. The van der Waals surface area contributed by atoms with Crippen molar-refractivity contribution in [3.63, 3.8) is 0 Å². The van der Waals surface area contributed by atoms with Gasteiger partial charge in [-0.15, -0.1) is 0 Å². The van der Waals surface area contributed by atoms with Crippen LogP contribution < -0.4 is 19.5 Å². The van der Waals surface area contributed by atoms with E-state index in [1.165, 1.54) is 4.90 Å². The summed E-state index contributed by atoms with van der Waals surface area (Å²) in [5.74, 6) is 0.945. The minimum absolute atomic E-state index is 0.150. The number of fused-ring (bicyclic) bond motifs is 2. The van der Waals surface area contributed by atoms with Crippen LogP contribution in [0.5, 0.6) is 17.4 Å². The Morgan fingerprint density at radius 1 is 1.21 bits per heavy atom. The van der Waals surface area contributed by atoms with Crippen molar-refractivity contribution in [2.75, 3.05) is 38.9 Å². The number of aliphatic hydroxyl groups excluding tert-OH is 1. The molecule has 3 aromatic rings. The van der Waals surface area contributed by atoms with E-state index in [0.29, 0.717) is 29.3 Å². The maximum Gasteiger partial charge on any atom is 0.321 e.